The molecule has 0 N–H and O–H groups in total. The normalized spacial score (nSPS) is 13.7. The average molecular weight is 368 g/mol. The number of amides is 1. The van der Waals surface area contributed by atoms with Crippen LogP contribution in [0.1, 0.15) is 34.1 Å². The van der Waals surface area contributed by atoms with E-state index >= 15 is 0 Å². The summed E-state index contributed by atoms with van der Waals surface area (Å²) in [6.07, 6.45) is 1.94. The Morgan fingerprint density at radius 2 is 2.00 bits per heavy atom. The molecule has 0 aromatic carbocycles. The van der Waals surface area contributed by atoms with Crippen LogP contribution in [0.2, 0.25) is 0 Å². The van der Waals surface area contributed by atoms with Gasteiger partial charge in [-0.3, -0.25) is 9.78 Å². The van der Waals surface area contributed by atoms with Crippen molar-refractivity contribution in [2.45, 2.75) is 39.8 Å². The number of fused-ring (bicyclic) bond motifs is 1. The molecular formula is C20H21FN4O2. The monoisotopic (exact) mass is 368 g/mol. The Hall–Kier alpha value is -2.96. The lowest BCUT2D eigenvalue weighted by Crippen LogP contribution is -2.37. The van der Waals surface area contributed by atoms with Gasteiger partial charge in [0.15, 0.2) is 0 Å². The Bertz CT molecular complexity index is 955. The quantitative estimate of drug-likeness (QED) is 0.710. The van der Waals surface area contributed by atoms with Crippen LogP contribution in [0.3, 0.4) is 0 Å². The molecule has 4 heterocycles. The number of halogens is 1. The van der Waals surface area contributed by atoms with Gasteiger partial charge in [0.1, 0.15) is 17.3 Å². The highest BCUT2D eigenvalue weighted by Crippen LogP contribution is 2.24. The summed E-state index contributed by atoms with van der Waals surface area (Å²) in [5.41, 5.74) is 4.75. The Balaban J connectivity index is 1.50. The van der Waals surface area contributed by atoms with E-state index in [1.54, 1.807) is 11.0 Å². The molecule has 1 aliphatic heterocycles. The summed E-state index contributed by atoms with van der Waals surface area (Å²) in [7, 11) is 0. The van der Waals surface area contributed by atoms with Crippen LogP contribution in [0.5, 0.6) is 0 Å². The molecule has 3 aromatic heterocycles. The maximum absolute atomic E-state index is 13.0. The maximum atomic E-state index is 13.0. The van der Waals surface area contributed by atoms with Gasteiger partial charge in [-0.2, -0.15) is 0 Å². The molecule has 0 radical (unpaired) electrons. The van der Waals surface area contributed by atoms with Crippen molar-refractivity contribution in [1.82, 2.24) is 19.6 Å². The molecule has 0 fully saturated rings. The van der Waals surface area contributed by atoms with Gasteiger partial charge in [0.25, 0.3) is 0 Å². The molecule has 27 heavy (non-hydrogen) atoms. The Morgan fingerprint density at radius 3 is 2.70 bits per heavy atom. The molecule has 4 rings (SSSR count). The largest absolute Gasteiger partial charge is 0.361 e. The first-order valence-electron chi connectivity index (χ1n) is 8.98. The molecule has 0 atom stereocenters. The van der Waals surface area contributed by atoms with E-state index in [0.29, 0.717) is 31.7 Å². The smallest absolute Gasteiger partial charge is 0.228 e. The minimum absolute atomic E-state index is 0.0276. The summed E-state index contributed by atoms with van der Waals surface area (Å²) in [5, 5.41) is 4.25. The summed E-state index contributed by atoms with van der Waals surface area (Å²) < 4.78 is 20.7. The SMILES string of the molecule is Cc1ccc(C)n1Cc1noc2c1CN(C(=O)Cc1ccc(F)cn1)CC2. The molecule has 0 unspecified atom stereocenters. The van der Waals surface area contributed by atoms with Gasteiger partial charge in [0.05, 0.1) is 25.7 Å². The third kappa shape index (κ3) is 3.49. The van der Waals surface area contributed by atoms with E-state index in [1.807, 2.05) is 0 Å². The number of aromatic nitrogens is 3. The average Bonchev–Trinajstić information content (AvgIpc) is 3.21. The first-order chi connectivity index (χ1) is 13.0. The molecule has 1 aliphatic rings. The number of hydrogen-bond acceptors (Lipinski definition) is 4. The van der Waals surface area contributed by atoms with Crippen LogP contribution >= 0.6 is 0 Å². The lowest BCUT2D eigenvalue weighted by molar-refractivity contribution is -0.131. The zero-order chi connectivity index (χ0) is 19.0. The molecule has 0 saturated heterocycles. The van der Waals surface area contributed by atoms with E-state index < -0.39 is 5.82 Å². The Labute approximate surface area is 156 Å². The summed E-state index contributed by atoms with van der Waals surface area (Å²) in [6.45, 7) is 5.82. The fraction of sp³-hybridized carbons (Fsp3) is 0.350. The first-order valence-corrected chi connectivity index (χ1v) is 8.98. The molecule has 0 saturated carbocycles. The van der Waals surface area contributed by atoms with Crippen LogP contribution < -0.4 is 0 Å². The number of nitrogens with zero attached hydrogens (tertiary/aromatic N) is 4. The maximum Gasteiger partial charge on any atom is 0.228 e. The van der Waals surface area contributed by atoms with Gasteiger partial charge in [-0.1, -0.05) is 5.16 Å². The summed E-state index contributed by atoms with van der Waals surface area (Å²) >= 11 is 0. The second kappa shape index (κ2) is 6.98. The number of rotatable bonds is 4. The van der Waals surface area contributed by atoms with Crippen molar-refractivity contribution in [3.8, 4) is 0 Å². The van der Waals surface area contributed by atoms with Gasteiger partial charge < -0.3 is 14.0 Å². The molecule has 1 amide bonds. The predicted molar refractivity (Wildman–Crippen MR) is 96.5 cm³/mol. The molecule has 140 valence electrons. The van der Waals surface area contributed by atoms with Crippen molar-refractivity contribution in [2.24, 2.45) is 0 Å². The van der Waals surface area contributed by atoms with E-state index in [9.17, 15) is 9.18 Å². The van der Waals surface area contributed by atoms with Crippen LogP contribution in [0.4, 0.5) is 4.39 Å². The minimum Gasteiger partial charge on any atom is -0.361 e. The molecular weight excluding hydrogens is 347 g/mol. The third-order valence-electron chi connectivity index (χ3n) is 5.11. The van der Waals surface area contributed by atoms with E-state index in [1.165, 1.54) is 6.07 Å². The zero-order valence-corrected chi connectivity index (χ0v) is 15.4. The highest BCUT2D eigenvalue weighted by molar-refractivity contribution is 5.78. The van der Waals surface area contributed by atoms with Crippen molar-refractivity contribution >= 4 is 5.91 Å². The van der Waals surface area contributed by atoms with Crippen molar-refractivity contribution in [3.05, 3.63) is 70.4 Å². The van der Waals surface area contributed by atoms with Crippen LogP contribution in [0.15, 0.2) is 35.0 Å². The fourth-order valence-corrected chi connectivity index (χ4v) is 3.48. The van der Waals surface area contributed by atoms with Gasteiger partial charge in [0.2, 0.25) is 5.91 Å². The summed E-state index contributed by atoms with van der Waals surface area (Å²) in [6, 6.07) is 7.02. The second-order valence-corrected chi connectivity index (χ2v) is 6.94. The highest BCUT2D eigenvalue weighted by Gasteiger charge is 2.27. The van der Waals surface area contributed by atoms with E-state index in [-0.39, 0.29) is 12.3 Å². The van der Waals surface area contributed by atoms with Gasteiger partial charge in [0, 0.05) is 35.6 Å². The van der Waals surface area contributed by atoms with Gasteiger partial charge in [-0.15, -0.1) is 0 Å². The van der Waals surface area contributed by atoms with Gasteiger partial charge in [-0.25, -0.2) is 4.39 Å². The Kier molecular flexibility index (Phi) is 4.51. The lowest BCUT2D eigenvalue weighted by atomic mass is 10.0. The van der Waals surface area contributed by atoms with Crippen LogP contribution in [0.25, 0.3) is 0 Å². The number of carbonyl (C=O) groups is 1. The second-order valence-electron chi connectivity index (χ2n) is 6.94. The number of pyridine rings is 1. The topological polar surface area (TPSA) is 64.2 Å². The minimum atomic E-state index is -0.404. The summed E-state index contributed by atoms with van der Waals surface area (Å²) in [5.74, 6) is 0.426. The number of aryl methyl sites for hydroxylation is 2. The molecule has 7 heteroatoms. The van der Waals surface area contributed by atoms with Gasteiger partial charge >= 0.3 is 0 Å². The first kappa shape index (κ1) is 17.5. The van der Waals surface area contributed by atoms with Crippen molar-refractivity contribution in [3.63, 3.8) is 0 Å². The van der Waals surface area contributed by atoms with E-state index in [2.05, 4.69) is 40.7 Å². The van der Waals surface area contributed by atoms with E-state index in [0.717, 1.165) is 34.6 Å². The highest BCUT2D eigenvalue weighted by atomic mass is 19.1. The Morgan fingerprint density at radius 1 is 1.22 bits per heavy atom. The molecule has 0 aliphatic carbocycles. The standard InChI is InChI=1S/C20H21FN4O2/c1-13-3-4-14(2)25(13)12-18-17-11-24(8-7-19(17)27-23-18)20(26)9-16-6-5-15(21)10-22-16/h3-6,10H,7-9,11-12H2,1-2H3. The predicted octanol–water partition coefficient (Wildman–Crippen LogP) is 2.80. The third-order valence-corrected chi connectivity index (χ3v) is 5.11. The van der Waals surface area contributed by atoms with Crippen LogP contribution in [-0.2, 0) is 30.7 Å². The van der Waals surface area contributed by atoms with Crippen molar-refractivity contribution in [1.29, 1.82) is 0 Å². The molecule has 0 bridgehead atoms. The van der Waals surface area contributed by atoms with Crippen LogP contribution in [0, 0.1) is 19.7 Å². The lowest BCUT2D eigenvalue weighted by Gasteiger charge is -2.26. The van der Waals surface area contributed by atoms with Crippen molar-refractivity contribution < 1.29 is 13.7 Å². The fourth-order valence-electron chi connectivity index (χ4n) is 3.48. The molecule has 6 nitrogen and oxygen atoms in total. The zero-order valence-electron chi connectivity index (χ0n) is 15.4. The number of carbonyl (C=O) groups excluding carboxylic acids is 1. The molecule has 0 spiro atoms. The summed E-state index contributed by atoms with van der Waals surface area (Å²) in [4.78, 5) is 18.4. The van der Waals surface area contributed by atoms with Crippen LogP contribution in [-0.4, -0.2) is 32.1 Å². The van der Waals surface area contributed by atoms with E-state index in [4.69, 9.17) is 4.52 Å². The van der Waals surface area contributed by atoms with Crippen molar-refractivity contribution in [2.75, 3.05) is 6.54 Å². The van der Waals surface area contributed by atoms with Gasteiger partial charge in [-0.05, 0) is 38.1 Å². The number of hydrogen-bond donors (Lipinski definition) is 0. The molecule has 3 aromatic rings.